The van der Waals surface area contributed by atoms with Gasteiger partial charge in [-0.15, -0.1) is 0 Å². The first-order valence-electron chi connectivity index (χ1n) is 2.31. The van der Waals surface area contributed by atoms with E-state index in [0.29, 0.717) is 0 Å². The van der Waals surface area contributed by atoms with Crippen LogP contribution in [-0.4, -0.2) is 23.1 Å². The Labute approximate surface area is 42.8 Å². The zero-order valence-electron chi connectivity index (χ0n) is 3.98. The Bertz CT molecular complexity index is 40.1. The van der Waals surface area contributed by atoms with Crippen molar-refractivity contribution in [1.29, 1.82) is 0 Å². The van der Waals surface area contributed by atoms with Crippen molar-refractivity contribution < 1.29 is 0 Å². The van der Waals surface area contributed by atoms with Gasteiger partial charge in [-0.25, -0.2) is 4.31 Å². The molecule has 0 aromatic heterocycles. The molecule has 0 aromatic rings. The summed E-state index contributed by atoms with van der Waals surface area (Å²) >= 11 is 1.94. The molecule has 6 heavy (non-hydrogen) atoms. The van der Waals surface area contributed by atoms with E-state index in [2.05, 4.69) is 11.2 Å². The van der Waals surface area contributed by atoms with Crippen molar-refractivity contribution in [2.24, 2.45) is 0 Å². The lowest BCUT2D eigenvalue weighted by molar-refractivity contribution is 0.490. The molecule has 0 aromatic carbocycles. The quantitative estimate of drug-likeness (QED) is 0.455. The van der Waals surface area contributed by atoms with E-state index in [1.54, 1.807) is 0 Å². The smallest absolute Gasteiger partial charge is 0.0218 e. The number of rotatable bonds is 1. The molecular weight excluding hydrogens is 94.1 g/mol. The second kappa shape index (κ2) is 1.85. The summed E-state index contributed by atoms with van der Waals surface area (Å²) in [5, 5.41) is 0. The van der Waals surface area contributed by atoms with Crippen molar-refractivity contribution in [3.8, 4) is 0 Å². The van der Waals surface area contributed by atoms with E-state index < -0.39 is 0 Å². The molecule has 0 radical (unpaired) electrons. The minimum atomic E-state index is 1.21. The SMILES string of the molecule is CCN1CCS1. The zero-order valence-corrected chi connectivity index (χ0v) is 4.79. The fourth-order valence-corrected chi connectivity index (χ4v) is 1.09. The molecule has 1 saturated heterocycles. The molecule has 0 bridgehead atoms. The van der Waals surface area contributed by atoms with Gasteiger partial charge in [-0.1, -0.05) is 18.9 Å². The van der Waals surface area contributed by atoms with Crippen molar-refractivity contribution in [3.05, 3.63) is 0 Å². The zero-order chi connectivity index (χ0) is 4.41. The van der Waals surface area contributed by atoms with Gasteiger partial charge in [-0.05, 0) is 0 Å². The van der Waals surface area contributed by atoms with Gasteiger partial charge in [0.25, 0.3) is 0 Å². The molecule has 0 atom stereocenters. The summed E-state index contributed by atoms with van der Waals surface area (Å²) < 4.78 is 2.35. The van der Waals surface area contributed by atoms with Crippen molar-refractivity contribution >= 4 is 11.9 Å². The van der Waals surface area contributed by atoms with Crippen molar-refractivity contribution in [2.45, 2.75) is 6.92 Å². The van der Waals surface area contributed by atoms with Crippen LogP contribution in [0, 0.1) is 0 Å². The van der Waals surface area contributed by atoms with Gasteiger partial charge in [0.1, 0.15) is 0 Å². The maximum absolute atomic E-state index is 2.35. The van der Waals surface area contributed by atoms with Gasteiger partial charge in [0.05, 0.1) is 0 Å². The molecule has 0 spiro atoms. The fourth-order valence-electron chi connectivity index (χ4n) is 0.470. The van der Waals surface area contributed by atoms with Gasteiger partial charge in [0, 0.05) is 18.8 Å². The molecule has 2 heteroatoms. The average Bonchev–Trinajstić information content (AvgIpc) is 1.31. The Kier molecular flexibility index (Phi) is 1.37. The Hall–Kier alpha value is 0.310. The van der Waals surface area contributed by atoms with Gasteiger partial charge < -0.3 is 0 Å². The van der Waals surface area contributed by atoms with E-state index in [1.165, 1.54) is 18.8 Å². The van der Waals surface area contributed by atoms with Crippen LogP contribution in [0.15, 0.2) is 0 Å². The second-order valence-electron chi connectivity index (χ2n) is 1.35. The van der Waals surface area contributed by atoms with Gasteiger partial charge in [-0.3, -0.25) is 0 Å². The van der Waals surface area contributed by atoms with E-state index in [9.17, 15) is 0 Å². The average molecular weight is 103 g/mol. The summed E-state index contributed by atoms with van der Waals surface area (Å²) in [5.41, 5.74) is 0. The highest BCUT2D eigenvalue weighted by Crippen LogP contribution is 2.18. The second-order valence-corrected chi connectivity index (χ2v) is 2.54. The molecule has 1 aliphatic heterocycles. The molecule has 1 heterocycles. The highest BCUT2D eigenvalue weighted by molar-refractivity contribution is 7.98. The van der Waals surface area contributed by atoms with Crippen LogP contribution in [0.2, 0.25) is 0 Å². The van der Waals surface area contributed by atoms with Gasteiger partial charge in [-0.2, -0.15) is 0 Å². The number of nitrogens with zero attached hydrogens (tertiary/aromatic N) is 1. The third-order valence-electron chi connectivity index (χ3n) is 0.967. The Morgan fingerprint density at radius 1 is 1.83 bits per heavy atom. The summed E-state index contributed by atoms with van der Waals surface area (Å²) in [6.07, 6.45) is 0. The van der Waals surface area contributed by atoms with Crippen LogP contribution >= 0.6 is 11.9 Å². The van der Waals surface area contributed by atoms with E-state index in [1.807, 2.05) is 11.9 Å². The lowest BCUT2D eigenvalue weighted by Gasteiger charge is -2.27. The van der Waals surface area contributed by atoms with Gasteiger partial charge >= 0.3 is 0 Å². The molecule has 0 aliphatic carbocycles. The molecule has 0 amide bonds. The van der Waals surface area contributed by atoms with Crippen LogP contribution in [0.5, 0.6) is 0 Å². The molecule has 0 unspecified atom stereocenters. The first kappa shape index (κ1) is 4.47. The largest absolute Gasteiger partial charge is 0.250 e. The fraction of sp³-hybridized carbons (Fsp3) is 1.00. The van der Waals surface area contributed by atoms with Crippen molar-refractivity contribution in [3.63, 3.8) is 0 Å². The van der Waals surface area contributed by atoms with Gasteiger partial charge in [0.2, 0.25) is 0 Å². The minimum Gasteiger partial charge on any atom is -0.250 e. The Morgan fingerprint density at radius 3 is 2.50 bits per heavy atom. The molecule has 0 saturated carbocycles. The normalized spacial score (nSPS) is 23.5. The lowest BCUT2D eigenvalue weighted by Crippen LogP contribution is -2.28. The number of hydrogen-bond acceptors (Lipinski definition) is 2. The predicted molar refractivity (Wildman–Crippen MR) is 29.7 cm³/mol. The standard InChI is InChI=1S/C4H9NS/c1-2-5-3-4-6-5/h2-4H2,1H3. The summed E-state index contributed by atoms with van der Waals surface area (Å²) in [7, 11) is 0. The molecule has 0 N–H and O–H groups in total. The highest BCUT2D eigenvalue weighted by Gasteiger charge is 2.10. The topological polar surface area (TPSA) is 3.24 Å². The molecule has 1 fully saturated rings. The monoisotopic (exact) mass is 103 g/mol. The first-order chi connectivity index (χ1) is 2.93. The number of hydrogen-bond donors (Lipinski definition) is 0. The maximum Gasteiger partial charge on any atom is 0.0218 e. The molecule has 1 aliphatic rings. The lowest BCUT2D eigenvalue weighted by atomic mass is 10.6. The first-order valence-corrected chi connectivity index (χ1v) is 3.25. The molecule has 1 nitrogen and oxygen atoms in total. The summed E-state index contributed by atoms with van der Waals surface area (Å²) in [6, 6.07) is 0. The van der Waals surface area contributed by atoms with E-state index in [-0.39, 0.29) is 0 Å². The third kappa shape index (κ3) is 0.684. The third-order valence-corrected chi connectivity index (χ3v) is 2.14. The van der Waals surface area contributed by atoms with Crippen LogP contribution in [-0.2, 0) is 0 Å². The summed E-state index contributed by atoms with van der Waals surface area (Å²) in [6.45, 7) is 4.71. The minimum absolute atomic E-state index is 1.21. The molecule has 36 valence electrons. The van der Waals surface area contributed by atoms with E-state index in [0.717, 1.165) is 0 Å². The Morgan fingerprint density at radius 2 is 2.50 bits per heavy atom. The molecular formula is C4H9NS. The summed E-state index contributed by atoms with van der Waals surface area (Å²) in [5.74, 6) is 1.34. The van der Waals surface area contributed by atoms with Crippen LogP contribution in [0.4, 0.5) is 0 Å². The van der Waals surface area contributed by atoms with Crippen LogP contribution < -0.4 is 0 Å². The molecule has 1 rings (SSSR count). The maximum atomic E-state index is 2.35. The van der Waals surface area contributed by atoms with E-state index >= 15 is 0 Å². The van der Waals surface area contributed by atoms with Crippen molar-refractivity contribution in [2.75, 3.05) is 18.8 Å². The van der Waals surface area contributed by atoms with Crippen molar-refractivity contribution in [1.82, 2.24) is 4.31 Å². The van der Waals surface area contributed by atoms with Crippen LogP contribution in [0.3, 0.4) is 0 Å². The highest BCUT2D eigenvalue weighted by atomic mass is 32.2. The Balaban J connectivity index is 2.01. The van der Waals surface area contributed by atoms with Gasteiger partial charge in [0.15, 0.2) is 0 Å². The van der Waals surface area contributed by atoms with Crippen LogP contribution in [0.1, 0.15) is 6.92 Å². The van der Waals surface area contributed by atoms with Crippen LogP contribution in [0.25, 0.3) is 0 Å². The van der Waals surface area contributed by atoms with E-state index in [4.69, 9.17) is 0 Å². The predicted octanol–water partition coefficient (Wildman–Crippen LogP) is 0.970. The summed E-state index contributed by atoms with van der Waals surface area (Å²) in [4.78, 5) is 0.